The first-order chi connectivity index (χ1) is 16.7. The topological polar surface area (TPSA) is 100 Å². The zero-order chi connectivity index (χ0) is 23.8. The second-order valence-electron chi connectivity index (χ2n) is 8.92. The quantitative estimate of drug-likeness (QED) is 0.310. The number of rotatable bonds is 8. The molecule has 34 heavy (non-hydrogen) atoms. The van der Waals surface area contributed by atoms with Gasteiger partial charge in [-0.05, 0) is 74.6 Å². The minimum absolute atomic E-state index is 0.123. The van der Waals surface area contributed by atoms with Gasteiger partial charge < -0.3 is 21.3 Å². The molecule has 0 atom stereocenters. The molecule has 7 heteroatoms. The number of nitrogens with one attached hydrogen (secondary N) is 2. The number of hydrogen-bond donors (Lipinski definition) is 3. The number of nitrogens with zero attached hydrogens (tertiary/aromatic N) is 2. The first kappa shape index (κ1) is 23.5. The number of anilines is 2. The summed E-state index contributed by atoms with van der Waals surface area (Å²) < 4.78 is 0. The summed E-state index contributed by atoms with van der Waals surface area (Å²) in [4.78, 5) is 31.5. The van der Waals surface area contributed by atoms with Gasteiger partial charge in [-0.3, -0.25) is 9.59 Å². The molecule has 7 nitrogen and oxygen atoms in total. The zero-order valence-electron chi connectivity index (χ0n) is 19.5. The Labute approximate surface area is 201 Å². The van der Waals surface area contributed by atoms with E-state index in [9.17, 15) is 9.59 Å². The van der Waals surface area contributed by atoms with Crippen molar-refractivity contribution < 1.29 is 9.59 Å². The van der Waals surface area contributed by atoms with Crippen LogP contribution in [0.3, 0.4) is 0 Å². The van der Waals surface area contributed by atoms with Crippen LogP contribution in [0.25, 0.3) is 5.57 Å². The van der Waals surface area contributed by atoms with Gasteiger partial charge in [0.25, 0.3) is 5.91 Å². The minimum atomic E-state index is -0.343. The number of carbonyl (C=O) groups excluding carboxylic acids is 2. The highest BCUT2D eigenvalue weighted by Gasteiger charge is 2.16. The molecule has 0 unspecified atom stereocenters. The summed E-state index contributed by atoms with van der Waals surface area (Å²) in [7, 11) is 0. The SMILES string of the molecule is N/C=C(\C=C(/C=O)NC(=O)c1ccc(N2CCCCC2)cc1)c1cccc(NC2CCCC2)n1. The lowest BCUT2D eigenvalue weighted by molar-refractivity contribution is -0.105. The van der Waals surface area contributed by atoms with Gasteiger partial charge in [0.2, 0.25) is 0 Å². The van der Waals surface area contributed by atoms with Crippen LogP contribution in [0.1, 0.15) is 61.0 Å². The fraction of sp³-hybridized carbons (Fsp3) is 0.370. The van der Waals surface area contributed by atoms with E-state index in [0.29, 0.717) is 29.2 Å². The molecule has 178 valence electrons. The van der Waals surface area contributed by atoms with E-state index in [1.54, 1.807) is 18.2 Å². The second-order valence-corrected chi connectivity index (χ2v) is 8.92. The van der Waals surface area contributed by atoms with Gasteiger partial charge in [-0.2, -0.15) is 0 Å². The number of carbonyl (C=O) groups is 2. The summed E-state index contributed by atoms with van der Waals surface area (Å²) in [6.45, 7) is 2.09. The lowest BCUT2D eigenvalue weighted by atomic mass is 10.1. The summed E-state index contributed by atoms with van der Waals surface area (Å²) in [5.41, 5.74) is 8.77. The number of amides is 1. The average Bonchev–Trinajstić information content (AvgIpc) is 3.40. The summed E-state index contributed by atoms with van der Waals surface area (Å²) in [6, 6.07) is 13.6. The average molecular weight is 460 g/mol. The van der Waals surface area contributed by atoms with E-state index in [-0.39, 0.29) is 11.6 Å². The molecular weight excluding hydrogens is 426 g/mol. The Morgan fingerprint density at radius 1 is 1.00 bits per heavy atom. The highest BCUT2D eigenvalue weighted by atomic mass is 16.2. The molecule has 1 aliphatic carbocycles. The number of aldehydes is 1. The van der Waals surface area contributed by atoms with Crippen LogP contribution in [0.2, 0.25) is 0 Å². The second kappa shape index (κ2) is 11.5. The van der Waals surface area contributed by atoms with E-state index in [4.69, 9.17) is 5.73 Å². The molecule has 4 N–H and O–H groups in total. The van der Waals surface area contributed by atoms with Crippen molar-refractivity contribution in [2.75, 3.05) is 23.3 Å². The molecular formula is C27H33N5O2. The molecule has 0 radical (unpaired) electrons. The van der Waals surface area contributed by atoms with Gasteiger partial charge in [-0.25, -0.2) is 4.98 Å². The molecule has 1 aromatic heterocycles. The van der Waals surface area contributed by atoms with Crippen LogP contribution < -0.4 is 21.3 Å². The number of nitrogens with two attached hydrogens (primary N) is 1. The van der Waals surface area contributed by atoms with Crippen molar-refractivity contribution in [3.63, 3.8) is 0 Å². The lowest BCUT2D eigenvalue weighted by Crippen LogP contribution is -2.29. The predicted octanol–water partition coefficient (Wildman–Crippen LogP) is 4.24. The smallest absolute Gasteiger partial charge is 0.255 e. The van der Waals surface area contributed by atoms with Crippen molar-refractivity contribution in [2.45, 2.75) is 51.0 Å². The maximum absolute atomic E-state index is 12.8. The maximum Gasteiger partial charge on any atom is 0.255 e. The number of piperidine rings is 1. The Morgan fingerprint density at radius 2 is 1.74 bits per heavy atom. The van der Waals surface area contributed by atoms with E-state index in [1.165, 1.54) is 38.3 Å². The fourth-order valence-electron chi connectivity index (χ4n) is 4.61. The zero-order valence-corrected chi connectivity index (χ0v) is 19.5. The third kappa shape index (κ3) is 6.04. The van der Waals surface area contributed by atoms with Crippen molar-refractivity contribution in [3.05, 3.63) is 71.7 Å². The van der Waals surface area contributed by atoms with E-state index >= 15 is 0 Å². The number of aromatic nitrogens is 1. The normalized spacial score (nSPS) is 17.5. The highest BCUT2D eigenvalue weighted by Crippen LogP contribution is 2.23. The Morgan fingerprint density at radius 3 is 2.41 bits per heavy atom. The summed E-state index contributed by atoms with van der Waals surface area (Å²) in [5.74, 6) is 0.437. The largest absolute Gasteiger partial charge is 0.404 e. The minimum Gasteiger partial charge on any atom is -0.404 e. The van der Waals surface area contributed by atoms with Gasteiger partial charge in [-0.1, -0.05) is 18.9 Å². The lowest BCUT2D eigenvalue weighted by Gasteiger charge is -2.28. The summed E-state index contributed by atoms with van der Waals surface area (Å²) in [5, 5.41) is 6.16. The molecule has 2 heterocycles. The molecule has 0 bridgehead atoms. The molecule has 2 aliphatic rings. The molecule has 1 amide bonds. The van der Waals surface area contributed by atoms with E-state index in [1.807, 2.05) is 30.3 Å². The van der Waals surface area contributed by atoms with Gasteiger partial charge in [-0.15, -0.1) is 0 Å². The van der Waals surface area contributed by atoms with Gasteiger partial charge in [0.15, 0.2) is 6.29 Å². The van der Waals surface area contributed by atoms with Crippen LogP contribution in [0.15, 0.2) is 60.4 Å². The first-order valence-corrected chi connectivity index (χ1v) is 12.2. The summed E-state index contributed by atoms with van der Waals surface area (Å²) >= 11 is 0. The highest BCUT2D eigenvalue weighted by molar-refractivity contribution is 5.99. The first-order valence-electron chi connectivity index (χ1n) is 12.2. The molecule has 1 aromatic carbocycles. The van der Waals surface area contributed by atoms with Gasteiger partial charge in [0.05, 0.1) is 11.4 Å². The van der Waals surface area contributed by atoms with E-state index in [0.717, 1.165) is 37.4 Å². The molecule has 2 aromatic rings. The third-order valence-corrected chi connectivity index (χ3v) is 6.48. The van der Waals surface area contributed by atoms with E-state index in [2.05, 4.69) is 20.5 Å². The Balaban J connectivity index is 1.43. The van der Waals surface area contributed by atoms with Crippen molar-refractivity contribution in [1.29, 1.82) is 0 Å². The Kier molecular flexibility index (Phi) is 7.96. The number of hydrogen-bond acceptors (Lipinski definition) is 6. The number of allylic oxidation sites excluding steroid dienone is 3. The molecule has 1 saturated heterocycles. The maximum atomic E-state index is 12.8. The van der Waals surface area contributed by atoms with Crippen LogP contribution in [-0.2, 0) is 4.79 Å². The molecule has 2 fully saturated rings. The third-order valence-electron chi connectivity index (χ3n) is 6.48. The van der Waals surface area contributed by atoms with Crippen molar-refractivity contribution in [1.82, 2.24) is 10.3 Å². The number of benzene rings is 1. The monoisotopic (exact) mass is 459 g/mol. The van der Waals surface area contributed by atoms with Gasteiger partial charge in [0, 0.05) is 42.2 Å². The molecule has 1 saturated carbocycles. The Bertz CT molecular complexity index is 1050. The molecule has 0 spiro atoms. The Hall–Kier alpha value is -3.61. The van der Waals surface area contributed by atoms with Crippen LogP contribution in [-0.4, -0.2) is 36.3 Å². The number of pyridine rings is 1. The van der Waals surface area contributed by atoms with Crippen molar-refractivity contribution in [2.24, 2.45) is 5.73 Å². The van der Waals surface area contributed by atoms with Crippen LogP contribution in [0.5, 0.6) is 0 Å². The van der Waals surface area contributed by atoms with Crippen LogP contribution >= 0.6 is 0 Å². The molecule has 1 aliphatic heterocycles. The fourth-order valence-corrected chi connectivity index (χ4v) is 4.61. The van der Waals surface area contributed by atoms with E-state index < -0.39 is 0 Å². The van der Waals surface area contributed by atoms with Crippen molar-refractivity contribution in [3.8, 4) is 0 Å². The van der Waals surface area contributed by atoms with Crippen molar-refractivity contribution >= 4 is 29.3 Å². The van der Waals surface area contributed by atoms with Gasteiger partial charge >= 0.3 is 0 Å². The summed E-state index contributed by atoms with van der Waals surface area (Å²) in [6.07, 6.45) is 12.0. The van der Waals surface area contributed by atoms with Gasteiger partial charge in [0.1, 0.15) is 5.82 Å². The molecule has 4 rings (SSSR count). The standard InChI is InChI=1S/C27H33N5O2/c28-18-21(25-9-6-10-26(31-25)29-22-7-2-3-8-22)17-23(19-33)30-27(34)20-11-13-24(14-12-20)32-15-4-1-5-16-32/h6,9-14,17-19,22H,1-5,7-8,15-16,28H2,(H,29,31)(H,30,34)/b21-18+,23-17+. The van der Waals surface area contributed by atoms with Crippen LogP contribution in [0, 0.1) is 0 Å². The van der Waals surface area contributed by atoms with Crippen LogP contribution in [0.4, 0.5) is 11.5 Å². The predicted molar refractivity (Wildman–Crippen MR) is 136 cm³/mol.